The number of ether oxygens (including phenoxy) is 1. The van der Waals surface area contributed by atoms with E-state index in [1.54, 1.807) is 0 Å². The summed E-state index contributed by atoms with van der Waals surface area (Å²) < 4.78 is 6.30. The number of hydrogen-bond acceptors (Lipinski definition) is 1. The van der Waals surface area contributed by atoms with E-state index in [1.165, 1.54) is 57.8 Å². The van der Waals surface area contributed by atoms with Crippen molar-refractivity contribution in [3.05, 3.63) is 11.6 Å². The molecule has 0 aromatic rings. The van der Waals surface area contributed by atoms with Gasteiger partial charge in [0.25, 0.3) is 0 Å². The highest BCUT2D eigenvalue weighted by Gasteiger charge is 2.76. The molecule has 104 valence electrons. The number of epoxide rings is 1. The minimum Gasteiger partial charge on any atom is -0.363 e. The van der Waals surface area contributed by atoms with Gasteiger partial charge in [-0.15, -0.1) is 0 Å². The Morgan fingerprint density at radius 1 is 1.11 bits per heavy atom. The second-order valence-electron chi connectivity index (χ2n) is 8.09. The van der Waals surface area contributed by atoms with Gasteiger partial charge in [-0.2, -0.15) is 0 Å². The van der Waals surface area contributed by atoms with Crippen LogP contribution in [0, 0.1) is 23.7 Å². The fourth-order valence-electron chi connectivity index (χ4n) is 6.71. The van der Waals surface area contributed by atoms with Crippen LogP contribution in [0.3, 0.4) is 0 Å². The van der Waals surface area contributed by atoms with Crippen LogP contribution >= 0.6 is 0 Å². The Balaban J connectivity index is 1.48. The topological polar surface area (TPSA) is 12.5 Å². The molecule has 1 saturated heterocycles. The highest BCUT2D eigenvalue weighted by Crippen LogP contribution is 2.71. The summed E-state index contributed by atoms with van der Waals surface area (Å²) in [6.45, 7) is 2.39. The van der Waals surface area contributed by atoms with Crippen LogP contribution < -0.4 is 0 Å². The normalized spacial score (nSPS) is 58.5. The maximum absolute atomic E-state index is 6.30. The average molecular weight is 258 g/mol. The van der Waals surface area contributed by atoms with E-state index < -0.39 is 0 Å². The van der Waals surface area contributed by atoms with Crippen LogP contribution in [0.15, 0.2) is 11.6 Å². The summed E-state index contributed by atoms with van der Waals surface area (Å²) in [6, 6.07) is 0. The van der Waals surface area contributed by atoms with Crippen molar-refractivity contribution >= 4 is 0 Å². The quantitative estimate of drug-likeness (QED) is 0.461. The Labute approximate surface area is 116 Å². The van der Waals surface area contributed by atoms with E-state index in [9.17, 15) is 0 Å². The van der Waals surface area contributed by atoms with Crippen molar-refractivity contribution < 1.29 is 4.74 Å². The zero-order valence-electron chi connectivity index (χ0n) is 12.2. The molecule has 0 N–H and O–H groups in total. The first-order chi connectivity index (χ1) is 9.24. The number of fused-ring (bicyclic) bond motifs is 4. The van der Waals surface area contributed by atoms with Crippen LogP contribution in [0.5, 0.6) is 0 Å². The Bertz CT molecular complexity index is 453. The lowest BCUT2D eigenvalue weighted by Crippen LogP contribution is -2.45. The van der Waals surface area contributed by atoms with Gasteiger partial charge in [-0.1, -0.05) is 11.6 Å². The van der Waals surface area contributed by atoms with Crippen molar-refractivity contribution in [1.82, 2.24) is 0 Å². The molecule has 0 radical (unpaired) electrons. The first kappa shape index (κ1) is 11.4. The molecule has 1 aliphatic heterocycles. The molecule has 0 aromatic heterocycles. The maximum Gasteiger partial charge on any atom is 0.101 e. The molecular formula is C18H26O. The van der Waals surface area contributed by atoms with Gasteiger partial charge in [0, 0.05) is 0 Å². The molecule has 4 fully saturated rings. The molecular weight excluding hydrogens is 232 g/mol. The molecule has 5 aliphatic rings. The first-order valence-corrected chi connectivity index (χ1v) is 8.63. The van der Waals surface area contributed by atoms with Crippen molar-refractivity contribution in [2.24, 2.45) is 23.7 Å². The standard InChI is InChI=1S/C18H26O/c1-17-10-9-16-15-7-6-12-4-2-3-5-13(12)14(15)8-11-18(16,17)19-17/h4,13-16H,2-3,5-11H2,1H3/t13-,14+,15+,16-,17-,18+/m0/s1. The molecule has 4 aliphatic carbocycles. The summed E-state index contributed by atoms with van der Waals surface area (Å²) in [4.78, 5) is 0. The van der Waals surface area contributed by atoms with Gasteiger partial charge in [0.2, 0.25) is 0 Å². The zero-order valence-corrected chi connectivity index (χ0v) is 12.2. The first-order valence-electron chi connectivity index (χ1n) is 8.63. The summed E-state index contributed by atoms with van der Waals surface area (Å²) in [6.07, 6.45) is 15.4. The van der Waals surface area contributed by atoms with Crippen LogP contribution in [-0.4, -0.2) is 11.2 Å². The minimum atomic E-state index is 0.297. The van der Waals surface area contributed by atoms with Gasteiger partial charge in [0.15, 0.2) is 0 Å². The zero-order chi connectivity index (χ0) is 12.7. The lowest BCUT2D eigenvalue weighted by Gasteiger charge is -2.49. The fourth-order valence-corrected chi connectivity index (χ4v) is 6.71. The minimum absolute atomic E-state index is 0.297. The largest absolute Gasteiger partial charge is 0.363 e. The Kier molecular flexibility index (Phi) is 2.08. The molecule has 6 atom stereocenters. The van der Waals surface area contributed by atoms with E-state index in [-0.39, 0.29) is 0 Å². The van der Waals surface area contributed by atoms with Crippen LogP contribution in [0.4, 0.5) is 0 Å². The van der Waals surface area contributed by atoms with Crippen molar-refractivity contribution in [2.75, 3.05) is 0 Å². The van der Waals surface area contributed by atoms with Gasteiger partial charge >= 0.3 is 0 Å². The van der Waals surface area contributed by atoms with Crippen molar-refractivity contribution in [3.63, 3.8) is 0 Å². The molecule has 3 saturated carbocycles. The maximum atomic E-state index is 6.30. The Morgan fingerprint density at radius 3 is 2.95 bits per heavy atom. The summed E-state index contributed by atoms with van der Waals surface area (Å²) in [5.41, 5.74) is 2.50. The molecule has 5 rings (SSSR count). The third-order valence-corrected chi connectivity index (χ3v) is 7.59. The molecule has 0 unspecified atom stereocenters. The van der Waals surface area contributed by atoms with Crippen LogP contribution in [0.25, 0.3) is 0 Å². The molecule has 0 amide bonds. The number of allylic oxidation sites excluding steroid dienone is 2. The Morgan fingerprint density at radius 2 is 2.05 bits per heavy atom. The molecule has 1 nitrogen and oxygen atoms in total. The molecule has 0 bridgehead atoms. The summed E-state index contributed by atoms with van der Waals surface area (Å²) in [7, 11) is 0. The van der Waals surface area contributed by atoms with Crippen molar-refractivity contribution in [3.8, 4) is 0 Å². The molecule has 1 spiro atoms. The average Bonchev–Trinajstić information content (AvgIpc) is 2.91. The van der Waals surface area contributed by atoms with E-state index in [0.717, 1.165) is 23.7 Å². The highest BCUT2D eigenvalue weighted by atomic mass is 16.6. The lowest BCUT2D eigenvalue weighted by molar-refractivity contribution is 0.00870. The summed E-state index contributed by atoms with van der Waals surface area (Å²) >= 11 is 0. The highest BCUT2D eigenvalue weighted by molar-refractivity contribution is 5.27. The van der Waals surface area contributed by atoms with Crippen LogP contribution in [-0.2, 0) is 4.74 Å². The van der Waals surface area contributed by atoms with Gasteiger partial charge < -0.3 is 4.74 Å². The molecule has 1 heterocycles. The van der Waals surface area contributed by atoms with E-state index in [1.807, 2.05) is 5.57 Å². The van der Waals surface area contributed by atoms with Crippen molar-refractivity contribution in [2.45, 2.75) is 75.9 Å². The summed E-state index contributed by atoms with van der Waals surface area (Å²) in [5.74, 6) is 3.90. The molecule has 19 heavy (non-hydrogen) atoms. The smallest absolute Gasteiger partial charge is 0.101 e. The number of rotatable bonds is 0. The van der Waals surface area contributed by atoms with Gasteiger partial charge in [0.1, 0.15) is 5.60 Å². The third kappa shape index (κ3) is 1.27. The van der Waals surface area contributed by atoms with Gasteiger partial charge in [0.05, 0.1) is 5.60 Å². The summed E-state index contributed by atoms with van der Waals surface area (Å²) in [5, 5.41) is 0. The van der Waals surface area contributed by atoms with Gasteiger partial charge in [-0.3, -0.25) is 0 Å². The van der Waals surface area contributed by atoms with E-state index >= 15 is 0 Å². The van der Waals surface area contributed by atoms with E-state index in [2.05, 4.69) is 13.0 Å². The fraction of sp³-hybridized carbons (Fsp3) is 0.889. The van der Waals surface area contributed by atoms with E-state index in [0.29, 0.717) is 11.2 Å². The third-order valence-electron chi connectivity index (χ3n) is 7.59. The number of hydrogen-bond donors (Lipinski definition) is 0. The van der Waals surface area contributed by atoms with E-state index in [4.69, 9.17) is 4.74 Å². The van der Waals surface area contributed by atoms with Crippen LogP contribution in [0.2, 0.25) is 0 Å². The predicted octanol–water partition coefficient (Wildman–Crippen LogP) is 4.47. The van der Waals surface area contributed by atoms with Gasteiger partial charge in [-0.05, 0) is 88.4 Å². The second kappa shape index (κ2) is 3.47. The van der Waals surface area contributed by atoms with Gasteiger partial charge in [-0.25, -0.2) is 0 Å². The monoisotopic (exact) mass is 258 g/mol. The predicted molar refractivity (Wildman–Crippen MR) is 75.8 cm³/mol. The SMILES string of the molecule is C[C@]12CC[C@H]3[C@@H]4CCC5=CCCC[C@@H]5[C@H]4CC[C@@]31O2. The molecule has 1 heteroatoms. The van der Waals surface area contributed by atoms with Crippen LogP contribution in [0.1, 0.15) is 64.7 Å². The molecule has 0 aromatic carbocycles. The van der Waals surface area contributed by atoms with Crippen molar-refractivity contribution in [1.29, 1.82) is 0 Å². The second-order valence-corrected chi connectivity index (χ2v) is 8.09. The Hall–Kier alpha value is -0.300. The lowest BCUT2D eigenvalue weighted by atomic mass is 9.55.